The zero-order valence-corrected chi connectivity index (χ0v) is 16.1. The normalized spacial score (nSPS) is 11.0. The van der Waals surface area contributed by atoms with Gasteiger partial charge in [-0.3, -0.25) is 4.79 Å². The van der Waals surface area contributed by atoms with E-state index in [1.54, 1.807) is 13.2 Å². The molecule has 0 bridgehead atoms. The first kappa shape index (κ1) is 20.2. The molecule has 0 aliphatic rings. The molecule has 1 amide bonds. The summed E-state index contributed by atoms with van der Waals surface area (Å²) in [5.74, 6) is 1.98. The van der Waals surface area contributed by atoms with Crippen LogP contribution < -0.4 is 20.7 Å². The van der Waals surface area contributed by atoms with Crippen molar-refractivity contribution in [1.82, 2.24) is 15.6 Å². The van der Waals surface area contributed by atoms with E-state index in [0.717, 1.165) is 23.6 Å². The molecular formula is C20H27N5O2. The Morgan fingerprint density at radius 1 is 1.15 bits per heavy atom. The monoisotopic (exact) mass is 369 g/mol. The number of anilines is 1. The number of benzene rings is 1. The lowest BCUT2D eigenvalue weighted by Crippen LogP contribution is -2.38. The van der Waals surface area contributed by atoms with Gasteiger partial charge in [0.25, 0.3) is 0 Å². The molecule has 0 spiro atoms. The molecule has 144 valence electrons. The fourth-order valence-corrected chi connectivity index (χ4v) is 2.36. The molecule has 0 aliphatic heterocycles. The highest BCUT2D eigenvalue weighted by Gasteiger charge is 2.04. The number of carbonyl (C=O) groups excluding carboxylic acids is 1. The van der Waals surface area contributed by atoms with Gasteiger partial charge in [0, 0.05) is 25.2 Å². The summed E-state index contributed by atoms with van der Waals surface area (Å²) in [4.78, 5) is 20.8. The Balaban J connectivity index is 1.81. The number of pyridine rings is 1. The molecule has 7 heteroatoms. The zero-order valence-electron chi connectivity index (χ0n) is 16.1. The molecule has 27 heavy (non-hydrogen) atoms. The number of rotatable bonds is 8. The van der Waals surface area contributed by atoms with Crippen LogP contribution in [0.25, 0.3) is 0 Å². The molecule has 1 aromatic carbocycles. The standard InChI is InChI=1S/C20H27N5O2/c1-4-21-20(23-14-16-8-10-17(27-3)11-9-16)22-13-12-19(26)25-18-7-5-6-15(2)24-18/h5-11H,4,12-14H2,1-3H3,(H2,21,22,23)(H,24,25,26). The topological polar surface area (TPSA) is 87.6 Å². The number of hydrogen-bond donors (Lipinski definition) is 3. The van der Waals surface area contributed by atoms with Crippen LogP contribution in [0, 0.1) is 6.92 Å². The maximum absolute atomic E-state index is 12.0. The van der Waals surface area contributed by atoms with Gasteiger partial charge in [-0.1, -0.05) is 18.2 Å². The molecular weight excluding hydrogens is 342 g/mol. The van der Waals surface area contributed by atoms with Crippen molar-refractivity contribution < 1.29 is 9.53 Å². The maximum atomic E-state index is 12.0. The smallest absolute Gasteiger partial charge is 0.227 e. The van der Waals surface area contributed by atoms with Crippen molar-refractivity contribution >= 4 is 17.7 Å². The Kier molecular flexibility index (Phi) is 8.09. The number of aliphatic imine (C=N–C) groups is 1. The van der Waals surface area contributed by atoms with Crippen LogP contribution in [-0.4, -0.2) is 37.1 Å². The highest BCUT2D eigenvalue weighted by molar-refractivity contribution is 5.90. The van der Waals surface area contributed by atoms with Crippen molar-refractivity contribution in [1.29, 1.82) is 0 Å². The molecule has 3 N–H and O–H groups in total. The summed E-state index contributed by atoms with van der Waals surface area (Å²) >= 11 is 0. The molecule has 7 nitrogen and oxygen atoms in total. The van der Waals surface area contributed by atoms with Crippen LogP contribution >= 0.6 is 0 Å². The molecule has 1 aromatic heterocycles. The lowest BCUT2D eigenvalue weighted by Gasteiger charge is -2.11. The van der Waals surface area contributed by atoms with Crippen LogP contribution in [0.3, 0.4) is 0 Å². The van der Waals surface area contributed by atoms with E-state index in [2.05, 4.69) is 25.9 Å². The Bertz CT molecular complexity index is 759. The van der Waals surface area contributed by atoms with Gasteiger partial charge in [-0.05, 0) is 43.7 Å². The first-order valence-corrected chi connectivity index (χ1v) is 8.99. The Morgan fingerprint density at radius 3 is 2.59 bits per heavy atom. The van der Waals surface area contributed by atoms with Crippen LogP contribution in [0.4, 0.5) is 5.82 Å². The van der Waals surface area contributed by atoms with Gasteiger partial charge in [-0.25, -0.2) is 9.98 Å². The highest BCUT2D eigenvalue weighted by Crippen LogP contribution is 2.11. The maximum Gasteiger partial charge on any atom is 0.227 e. The van der Waals surface area contributed by atoms with Gasteiger partial charge in [-0.2, -0.15) is 0 Å². The molecule has 2 rings (SSSR count). The molecule has 0 aliphatic carbocycles. The third-order valence-electron chi connectivity index (χ3n) is 3.72. The number of guanidine groups is 1. The highest BCUT2D eigenvalue weighted by atomic mass is 16.5. The molecule has 0 saturated heterocycles. The van der Waals surface area contributed by atoms with E-state index in [-0.39, 0.29) is 5.91 Å². The predicted molar refractivity (Wildman–Crippen MR) is 108 cm³/mol. The van der Waals surface area contributed by atoms with Gasteiger partial charge in [0.05, 0.1) is 13.7 Å². The van der Waals surface area contributed by atoms with Crippen molar-refractivity contribution in [2.24, 2.45) is 4.99 Å². The second kappa shape index (κ2) is 10.8. The molecule has 0 saturated carbocycles. The number of aromatic nitrogens is 1. The zero-order chi connectivity index (χ0) is 19.5. The van der Waals surface area contributed by atoms with Crippen LogP contribution in [0.1, 0.15) is 24.6 Å². The summed E-state index contributed by atoms with van der Waals surface area (Å²) in [5, 5.41) is 9.15. The minimum Gasteiger partial charge on any atom is -0.497 e. The second-order valence-corrected chi connectivity index (χ2v) is 5.93. The summed E-state index contributed by atoms with van der Waals surface area (Å²) < 4.78 is 5.16. The fraction of sp³-hybridized carbons (Fsp3) is 0.350. The van der Waals surface area contributed by atoms with Crippen molar-refractivity contribution in [3.05, 3.63) is 53.7 Å². The van der Waals surface area contributed by atoms with Crippen LogP contribution in [-0.2, 0) is 11.3 Å². The minimum absolute atomic E-state index is 0.0911. The van der Waals surface area contributed by atoms with Crippen molar-refractivity contribution in [2.45, 2.75) is 26.8 Å². The van der Waals surface area contributed by atoms with Crippen LogP contribution in [0.2, 0.25) is 0 Å². The van der Waals surface area contributed by atoms with Gasteiger partial charge in [-0.15, -0.1) is 0 Å². The van der Waals surface area contributed by atoms with E-state index in [1.165, 1.54) is 0 Å². The van der Waals surface area contributed by atoms with Crippen molar-refractivity contribution in [3.63, 3.8) is 0 Å². The molecule has 1 heterocycles. The van der Waals surface area contributed by atoms with E-state index < -0.39 is 0 Å². The lowest BCUT2D eigenvalue weighted by molar-refractivity contribution is -0.116. The third-order valence-corrected chi connectivity index (χ3v) is 3.72. The summed E-state index contributed by atoms with van der Waals surface area (Å²) in [6.45, 7) is 5.65. The molecule has 0 radical (unpaired) electrons. The number of ether oxygens (including phenoxy) is 1. The largest absolute Gasteiger partial charge is 0.497 e. The van der Waals surface area contributed by atoms with Gasteiger partial charge in [0.15, 0.2) is 5.96 Å². The van der Waals surface area contributed by atoms with E-state index in [4.69, 9.17) is 4.74 Å². The molecule has 0 unspecified atom stereocenters. The summed E-state index contributed by atoms with van der Waals surface area (Å²) in [5.41, 5.74) is 1.95. The van der Waals surface area contributed by atoms with Gasteiger partial charge < -0.3 is 20.7 Å². The third kappa shape index (κ3) is 7.35. The minimum atomic E-state index is -0.0911. The number of amides is 1. The van der Waals surface area contributed by atoms with Crippen LogP contribution in [0.5, 0.6) is 5.75 Å². The average Bonchev–Trinajstić information content (AvgIpc) is 2.66. The summed E-state index contributed by atoms with van der Waals surface area (Å²) in [7, 11) is 1.64. The van der Waals surface area contributed by atoms with Gasteiger partial charge in [0.2, 0.25) is 5.91 Å². The van der Waals surface area contributed by atoms with E-state index in [9.17, 15) is 4.79 Å². The number of nitrogens with one attached hydrogen (secondary N) is 3. The van der Waals surface area contributed by atoms with E-state index >= 15 is 0 Å². The molecule has 0 fully saturated rings. The Labute approximate surface area is 160 Å². The van der Waals surface area contributed by atoms with Gasteiger partial charge >= 0.3 is 0 Å². The quantitative estimate of drug-likeness (QED) is 0.491. The number of nitrogens with zero attached hydrogens (tertiary/aromatic N) is 2. The number of hydrogen-bond acceptors (Lipinski definition) is 4. The van der Waals surface area contributed by atoms with Crippen molar-refractivity contribution in [2.75, 3.05) is 25.5 Å². The predicted octanol–water partition coefficient (Wildman–Crippen LogP) is 2.48. The number of aryl methyl sites for hydroxylation is 1. The first-order chi connectivity index (χ1) is 13.1. The Morgan fingerprint density at radius 2 is 1.93 bits per heavy atom. The molecule has 2 aromatic rings. The van der Waals surface area contributed by atoms with Gasteiger partial charge in [0.1, 0.15) is 11.6 Å². The summed E-state index contributed by atoms with van der Waals surface area (Å²) in [6, 6.07) is 13.3. The van der Waals surface area contributed by atoms with Crippen molar-refractivity contribution in [3.8, 4) is 5.75 Å². The molecule has 0 atom stereocenters. The summed E-state index contributed by atoms with van der Waals surface area (Å²) in [6.07, 6.45) is 0.322. The number of carbonyl (C=O) groups is 1. The second-order valence-electron chi connectivity index (χ2n) is 5.93. The number of methoxy groups -OCH3 is 1. The first-order valence-electron chi connectivity index (χ1n) is 8.99. The van der Waals surface area contributed by atoms with E-state index in [0.29, 0.717) is 31.3 Å². The van der Waals surface area contributed by atoms with E-state index in [1.807, 2.05) is 50.2 Å². The SMILES string of the molecule is CCNC(=NCc1ccc(OC)cc1)NCCC(=O)Nc1cccc(C)n1. The Hall–Kier alpha value is -3.09. The lowest BCUT2D eigenvalue weighted by atomic mass is 10.2. The van der Waals surface area contributed by atoms with Crippen LogP contribution in [0.15, 0.2) is 47.5 Å². The fourth-order valence-electron chi connectivity index (χ4n) is 2.36. The average molecular weight is 369 g/mol.